The molecule has 0 bridgehead atoms. The van der Waals surface area contributed by atoms with Gasteiger partial charge in [-0.05, 0) is 0 Å². The molecular weight excluding hydrogens is 332 g/mol. The average molecular weight is 348 g/mol. The molecular formula is C10H16Cl2IN. The zero-order valence-corrected chi connectivity index (χ0v) is 12.3. The molecule has 0 aliphatic carbocycles. The summed E-state index contributed by atoms with van der Waals surface area (Å²) in [5, 5.41) is 0. The van der Waals surface area contributed by atoms with Crippen LogP contribution in [-0.4, -0.2) is 25.6 Å². The van der Waals surface area contributed by atoms with Gasteiger partial charge in [0.15, 0.2) is 0 Å². The van der Waals surface area contributed by atoms with E-state index in [4.69, 9.17) is 0 Å². The lowest BCUT2D eigenvalue weighted by atomic mass is 10.2. The molecule has 1 nitrogen and oxygen atoms in total. The molecule has 0 aliphatic heterocycles. The summed E-state index contributed by atoms with van der Waals surface area (Å²) >= 11 is 0. The first kappa shape index (κ1) is 16.9. The molecule has 0 spiro atoms. The first-order valence-corrected chi connectivity index (χ1v) is 5.21. The summed E-state index contributed by atoms with van der Waals surface area (Å²) in [5.74, 6) is 0. The highest BCUT2D eigenvalue weighted by Crippen LogP contribution is 2.05. The van der Waals surface area contributed by atoms with Gasteiger partial charge in [-0.2, -0.15) is 0 Å². The molecule has 4 heteroatoms. The second-order valence-electron chi connectivity index (χ2n) is 3.93. The monoisotopic (exact) mass is 347 g/mol. The quantitative estimate of drug-likeness (QED) is 0.532. The van der Waals surface area contributed by atoms with Gasteiger partial charge in [0.1, 0.15) is 6.54 Å². The molecule has 1 aromatic carbocycles. The fraction of sp³-hybridized carbons (Fsp3) is 0.400. The Hall–Kier alpha value is 0.490. The van der Waals surface area contributed by atoms with Gasteiger partial charge in [-0.1, -0.05) is 30.3 Å². The molecule has 14 heavy (non-hydrogen) atoms. The Morgan fingerprint density at radius 2 is 1.43 bits per heavy atom. The van der Waals surface area contributed by atoms with Crippen molar-refractivity contribution in [1.29, 1.82) is 0 Å². The van der Waals surface area contributed by atoms with E-state index < -0.39 is 0 Å². The third-order valence-electron chi connectivity index (χ3n) is 1.50. The fourth-order valence-electron chi connectivity index (χ4n) is 1.13. The van der Waals surface area contributed by atoms with E-state index in [1.165, 1.54) is 5.56 Å². The van der Waals surface area contributed by atoms with Gasteiger partial charge in [0, 0.05) is 27.3 Å². The Labute approximate surface area is 113 Å². The highest BCUT2D eigenvalue weighted by Gasteiger charge is 2.06. The zero-order valence-electron chi connectivity index (χ0n) is 8.67. The van der Waals surface area contributed by atoms with Crippen LogP contribution in [0, 0.1) is 0 Å². The zero-order chi connectivity index (χ0) is 10.3. The van der Waals surface area contributed by atoms with Crippen molar-refractivity contribution in [3.05, 3.63) is 35.9 Å². The summed E-state index contributed by atoms with van der Waals surface area (Å²) in [6.07, 6.45) is 0. The molecule has 0 atom stereocenters. The minimum absolute atomic E-state index is 0. The Morgan fingerprint density at radius 1 is 1.00 bits per heavy atom. The summed E-state index contributed by atoms with van der Waals surface area (Å²) < 4.78 is 0.990. The van der Waals surface area contributed by atoms with Gasteiger partial charge in [0.25, 0.3) is 0 Å². The van der Waals surface area contributed by atoms with E-state index >= 15 is 0 Å². The topological polar surface area (TPSA) is 0 Å². The number of nitrogens with zero attached hydrogens (tertiary/aromatic N) is 1. The van der Waals surface area contributed by atoms with Gasteiger partial charge in [0.05, 0.1) is 21.1 Å². The lowest BCUT2D eigenvalue weighted by molar-refractivity contribution is -0.884. The number of benzene rings is 1. The predicted octanol–water partition coefficient (Wildman–Crippen LogP) is 0.276. The SMILES string of the molecule is C[N+](C)(C)Cc1ccccc1.ClCl.[I-]. The normalized spacial score (nSPS) is 9.50. The number of hydrogen-bond donors (Lipinski definition) is 0. The van der Waals surface area contributed by atoms with Crippen molar-refractivity contribution < 1.29 is 28.5 Å². The van der Waals surface area contributed by atoms with Gasteiger partial charge in [0.2, 0.25) is 0 Å². The highest BCUT2D eigenvalue weighted by atomic mass is 127. The molecule has 0 radical (unpaired) electrons. The van der Waals surface area contributed by atoms with Crippen LogP contribution in [0.3, 0.4) is 0 Å². The van der Waals surface area contributed by atoms with Gasteiger partial charge in [-0.25, -0.2) is 0 Å². The molecule has 82 valence electrons. The standard InChI is InChI=1S/C10H16N.Cl2.HI/c1-11(2,3)9-10-7-5-4-6-8-10;1-2;/h4-8H,9H2,1-3H3;;1H/q+1;;/p-1. The third-order valence-corrected chi connectivity index (χ3v) is 1.50. The lowest BCUT2D eigenvalue weighted by Gasteiger charge is -2.23. The Morgan fingerprint density at radius 3 is 1.79 bits per heavy atom. The molecule has 0 amide bonds. The van der Waals surface area contributed by atoms with Crippen LogP contribution in [0.5, 0.6) is 0 Å². The van der Waals surface area contributed by atoms with Crippen molar-refractivity contribution in [3.8, 4) is 0 Å². The highest BCUT2D eigenvalue weighted by molar-refractivity contribution is 6.85. The second-order valence-corrected chi connectivity index (χ2v) is 3.93. The Bertz CT molecular complexity index is 221. The number of halogens is 3. The van der Waals surface area contributed by atoms with Crippen LogP contribution in [0.15, 0.2) is 30.3 Å². The van der Waals surface area contributed by atoms with Crippen molar-refractivity contribution in [2.75, 3.05) is 21.1 Å². The van der Waals surface area contributed by atoms with Crippen molar-refractivity contribution in [1.82, 2.24) is 0 Å². The van der Waals surface area contributed by atoms with Crippen LogP contribution in [0.1, 0.15) is 5.56 Å². The van der Waals surface area contributed by atoms with E-state index in [1.54, 1.807) is 0 Å². The predicted molar refractivity (Wildman–Crippen MR) is 59.9 cm³/mol. The molecule has 0 unspecified atom stereocenters. The van der Waals surface area contributed by atoms with Crippen LogP contribution >= 0.6 is 21.7 Å². The molecule has 0 saturated heterocycles. The summed E-state index contributed by atoms with van der Waals surface area (Å²) in [6.45, 7) is 1.10. The maximum absolute atomic E-state index is 4.11. The van der Waals surface area contributed by atoms with Crippen LogP contribution in [0.25, 0.3) is 0 Å². The van der Waals surface area contributed by atoms with Crippen molar-refractivity contribution in [2.24, 2.45) is 0 Å². The summed E-state index contributed by atoms with van der Waals surface area (Å²) in [5.41, 5.74) is 1.40. The summed E-state index contributed by atoms with van der Waals surface area (Å²) in [6, 6.07) is 10.6. The minimum atomic E-state index is 0. The van der Waals surface area contributed by atoms with E-state index in [0.29, 0.717) is 0 Å². The van der Waals surface area contributed by atoms with Crippen molar-refractivity contribution >= 4 is 21.7 Å². The summed E-state index contributed by atoms with van der Waals surface area (Å²) in [4.78, 5) is 0. The minimum Gasteiger partial charge on any atom is -1.00 e. The third kappa shape index (κ3) is 9.06. The first-order chi connectivity index (χ1) is 6.08. The van der Waals surface area contributed by atoms with E-state index in [-0.39, 0.29) is 24.0 Å². The second kappa shape index (κ2) is 8.77. The maximum Gasteiger partial charge on any atom is 0.104 e. The van der Waals surface area contributed by atoms with Crippen molar-refractivity contribution in [2.45, 2.75) is 6.54 Å². The lowest BCUT2D eigenvalue weighted by Crippen LogP contribution is -3.00. The Kier molecular flexibility index (Phi) is 10.6. The van der Waals surface area contributed by atoms with Gasteiger partial charge in [-0.15, -0.1) is 0 Å². The van der Waals surface area contributed by atoms with E-state index in [0.717, 1.165) is 11.0 Å². The van der Waals surface area contributed by atoms with Gasteiger partial charge in [-0.3, -0.25) is 0 Å². The number of rotatable bonds is 2. The molecule has 0 saturated carbocycles. The van der Waals surface area contributed by atoms with E-state index in [9.17, 15) is 0 Å². The van der Waals surface area contributed by atoms with E-state index in [2.05, 4.69) is 73.2 Å². The molecule has 1 aromatic rings. The van der Waals surface area contributed by atoms with Crippen LogP contribution in [0.4, 0.5) is 0 Å². The van der Waals surface area contributed by atoms with Gasteiger partial charge < -0.3 is 28.5 Å². The molecule has 1 rings (SSSR count). The van der Waals surface area contributed by atoms with Crippen LogP contribution < -0.4 is 24.0 Å². The molecule has 0 heterocycles. The van der Waals surface area contributed by atoms with Gasteiger partial charge >= 0.3 is 0 Å². The maximum atomic E-state index is 4.11. The number of quaternary nitrogens is 1. The fourth-order valence-corrected chi connectivity index (χ4v) is 1.13. The summed E-state index contributed by atoms with van der Waals surface area (Å²) in [7, 11) is 14.8. The molecule has 0 aliphatic rings. The molecule has 0 N–H and O–H groups in total. The largest absolute Gasteiger partial charge is 1.00 e. The van der Waals surface area contributed by atoms with Crippen molar-refractivity contribution in [3.63, 3.8) is 0 Å². The van der Waals surface area contributed by atoms with Crippen LogP contribution in [0.2, 0.25) is 0 Å². The number of hydrogen-bond acceptors (Lipinski definition) is 0. The first-order valence-electron chi connectivity index (χ1n) is 4.06. The molecule has 0 fully saturated rings. The molecule has 0 aromatic heterocycles. The van der Waals surface area contributed by atoms with E-state index in [1.807, 2.05) is 0 Å². The van der Waals surface area contributed by atoms with Crippen LogP contribution in [-0.2, 0) is 6.54 Å². The average Bonchev–Trinajstić information content (AvgIpc) is 2.07. The smallest absolute Gasteiger partial charge is 0.104 e. The Balaban J connectivity index is 0.